The van der Waals surface area contributed by atoms with Gasteiger partial charge in [-0.2, -0.15) is 0 Å². The van der Waals surface area contributed by atoms with Gasteiger partial charge in [-0.1, -0.05) is 64.4 Å². The minimum Gasteiger partial charge on any atom is -0.371 e. The van der Waals surface area contributed by atoms with Crippen molar-refractivity contribution in [2.45, 2.75) is 44.2 Å². The van der Waals surface area contributed by atoms with E-state index in [0.29, 0.717) is 24.5 Å². The Morgan fingerprint density at radius 1 is 1.03 bits per heavy atom. The Morgan fingerprint density at radius 3 is 2.62 bits per heavy atom. The van der Waals surface area contributed by atoms with Crippen LogP contribution in [-0.4, -0.2) is 30.3 Å². The predicted octanol–water partition coefficient (Wildman–Crippen LogP) is 7.78. The summed E-state index contributed by atoms with van der Waals surface area (Å²) in [5, 5.41) is 2.58. The molecule has 2 bridgehead atoms. The molecule has 0 radical (unpaired) electrons. The van der Waals surface area contributed by atoms with Crippen molar-refractivity contribution in [1.29, 1.82) is 0 Å². The molecule has 6 heteroatoms. The number of halogens is 2. The van der Waals surface area contributed by atoms with Crippen LogP contribution >= 0.6 is 34.5 Å². The highest BCUT2D eigenvalue weighted by molar-refractivity contribution is 7.22. The number of piperidine rings is 1. The third-order valence-corrected chi connectivity index (χ3v) is 9.64. The zero-order chi connectivity index (χ0) is 22.8. The topological polar surface area (TPSA) is 25.4 Å². The lowest BCUT2D eigenvalue weighted by Gasteiger charge is -2.33. The number of ether oxygens (including phenoxy) is 1. The van der Waals surface area contributed by atoms with Crippen LogP contribution in [0.15, 0.2) is 59.7 Å². The average molecular weight is 510 g/mol. The Labute approximate surface area is 214 Å². The first-order valence-electron chi connectivity index (χ1n) is 12.3. The maximum absolute atomic E-state index is 6.74. The zero-order valence-corrected chi connectivity index (χ0v) is 21.2. The van der Waals surface area contributed by atoms with Crippen molar-refractivity contribution in [3.63, 3.8) is 0 Å². The summed E-state index contributed by atoms with van der Waals surface area (Å²) in [4.78, 5) is 7.45. The van der Waals surface area contributed by atoms with Gasteiger partial charge in [-0.25, -0.2) is 4.98 Å². The van der Waals surface area contributed by atoms with E-state index in [-0.39, 0.29) is 6.10 Å². The summed E-state index contributed by atoms with van der Waals surface area (Å²) < 4.78 is 8.00. The SMILES string of the molecule is Clc1cccc(Cl)c1C1=CCC(C2CC2)=C1COC1CC2CC1N(c1nc3ccccc3s1)C2. The van der Waals surface area contributed by atoms with Crippen LogP contribution in [0.3, 0.4) is 0 Å². The van der Waals surface area contributed by atoms with Gasteiger partial charge in [0.15, 0.2) is 5.13 Å². The van der Waals surface area contributed by atoms with Gasteiger partial charge in [0.05, 0.1) is 29.0 Å². The van der Waals surface area contributed by atoms with Crippen LogP contribution in [0, 0.1) is 11.8 Å². The van der Waals surface area contributed by atoms with E-state index in [1.165, 1.54) is 40.7 Å². The van der Waals surface area contributed by atoms with Gasteiger partial charge in [0.25, 0.3) is 0 Å². The van der Waals surface area contributed by atoms with Crippen molar-refractivity contribution in [1.82, 2.24) is 4.98 Å². The van der Waals surface area contributed by atoms with Crippen LogP contribution < -0.4 is 4.90 Å². The third-order valence-electron chi connectivity index (χ3n) is 7.94. The Kier molecular flexibility index (Phi) is 5.28. The van der Waals surface area contributed by atoms with Crippen molar-refractivity contribution in [3.8, 4) is 0 Å². The van der Waals surface area contributed by atoms with Crippen molar-refractivity contribution in [2.75, 3.05) is 18.1 Å². The van der Waals surface area contributed by atoms with Gasteiger partial charge in [-0.3, -0.25) is 0 Å². The molecule has 1 saturated heterocycles. The molecule has 1 aliphatic heterocycles. The van der Waals surface area contributed by atoms with E-state index in [4.69, 9.17) is 32.9 Å². The van der Waals surface area contributed by atoms with E-state index >= 15 is 0 Å². The van der Waals surface area contributed by atoms with Crippen molar-refractivity contribution < 1.29 is 4.74 Å². The number of anilines is 1. The van der Waals surface area contributed by atoms with E-state index in [0.717, 1.165) is 45.6 Å². The first-order chi connectivity index (χ1) is 16.7. The number of allylic oxidation sites excluding steroid dienone is 2. The fraction of sp³-hybridized carbons (Fsp3) is 0.393. The van der Waals surface area contributed by atoms with Gasteiger partial charge in [-0.15, -0.1) is 0 Å². The molecule has 3 fully saturated rings. The van der Waals surface area contributed by atoms with Crippen molar-refractivity contribution >= 4 is 55.5 Å². The van der Waals surface area contributed by atoms with Crippen LogP contribution in [0.1, 0.15) is 37.7 Å². The molecule has 0 amide bonds. The van der Waals surface area contributed by atoms with E-state index < -0.39 is 0 Å². The number of aromatic nitrogens is 1. The third kappa shape index (κ3) is 3.62. The summed E-state index contributed by atoms with van der Waals surface area (Å²) in [5.41, 5.74) is 6.11. The molecule has 2 saturated carbocycles. The molecule has 174 valence electrons. The highest BCUT2D eigenvalue weighted by atomic mass is 35.5. The average Bonchev–Trinajstić information content (AvgIpc) is 3.17. The molecule has 0 spiro atoms. The summed E-state index contributed by atoms with van der Waals surface area (Å²) in [6, 6.07) is 14.6. The lowest BCUT2D eigenvalue weighted by molar-refractivity contribution is 0.0543. The smallest absolute Gasteiger partial charge is 0.186 e. The highest BCUT2D eigenvalue weighted by Gasteiger charge is 2.47. The van der Waals surface area contributed by atoms with Gasteiger partial charge < -0.3 is 9.64 Å². The second-order valence-corrected chi connectivity index (χ2v) is 11.9. The fourth-order valence-corrected chi connectivity index (χ4v) is 7.83. The first-order valence-corrected chi connectivity index (χ1v) is 13.8. The number of benzene rings is 2. The van der Waals surface area contributed by atoms with Gasteiger partial charge in [0.1, 0.15) is 0 Å². The minimum absolute atomic E-state index is 0.238. The molecular weight excluding hydrogens is 483 g/mol. The molecule has 0 N–H and O–H groups in total. The fourth-order valence-electron chi connectivity index (χ4n) is 6.19. The molecule has 3 nitrogen and oxygen atoms in total. The summed E-state index contributed by atoms with van der Waals surface area (Å²) in [5.74, 6) is 1.39. The Morgan fingerprint density at radius 2 is 1.85 bits per heavy atom. The predicted molar refractivity (Wildman–Crippen MR) is 142 cm³/mol. The molecule has 1 aromatic heterocycles. The maximum Gasteiger partial charge on any atom is 0.186 e. The molecule has 2 aromatic carbocycles. The quantitative estimate of drug-likeness (QED) is 0.339. The number of hydrogen-bond acceptors (Lipinski definition) is 4. The minimum atomic E-state index is 0.238. The van der Waals surface area contributed by atoms with Gasteiger partial charge in [0, 0.05) is 22.2 Å². The van der Waals surface area contributed by atoms with Crippen LogP contribution in [-0.2, 0) is 4.74 Å². The monoisotopic (exact) mass is 508 g/mol. The molecule has 7 rings (SSSR count). The van der Waals surface area contributed by atoms with Gasteiger partial charge >= 0.3 is 0 Å². The van der Waals surface area contributed by atoms with Crippen LogP contribution in [0.5, 0.6) is 0 Å². The van der Waals surface area contributed by atoms with Crippen LogP contribution in [0.2, 0.25) is 10.0 Å². The summed E-state index contributed by atoms with van der Waals surface area (Å²) in [6.45, 7) is 1.74. The molecule has 3 aromatic rings. The molecule has 2 heterocycles. The molecule has 3 atom stereocenters. The number of nitrogens with zero attached hydrogens (tertiary/aromatic N) is 2. The van der Waals surface area contributed by atoms with Gasteiger partial charge in [0.2, 0.25) is 0 Å². The lowest BCUT2D eigenvalue weighted by Crippen LogP contribution is -2.42. The molecule has 3 unspecified atom stereocenters. The Bertz CT molecular complexity index is 1290. The van der Waals surface area contributed by atoms with Gasteiger partial charge in [-0.05, 0) is 79.4 Å². The second kappa shape index (κ2) is 8.37. The summed E-state index contributed by atoms with van der Waals surface area (Å²) in [6.07, 6.45) is 8.47. The number of fused-ring (bicyclic) bond motifs is 3. The molecular formula is C28H26Cl2N2OS. The maximum atomic E-state index is 6.74. The molecule has 3 aliphatic carbocycles. The van der Waals surface area contributed by atoms with E-state index in [1.54, 1.807) is 11.3 Å². The second-order valence-electron chi connectivity index (χ2n) is 10.1. The summed E-state index contributed by atoms with van der Waals surface area (Å²) in [7, 11) is 0. The number of hydrogen-bond donors (Lipinski definition) is 0. The number of para-hydroxylation sites is 1. The number of rotatable bonds is 6. The van der Waals surface area contributed by atoms with E-state index in [2.05, 4.69) is 35.2 Å². The molecule has 4 aliphatic rings. The van der Waals surface area contributed by atoms with E-state index in [9.17, 15) is 0 Å². The number of thiazole rings is 1. The Balaban J connectivity index is 1.13. The highest BCUT2D eigenvalue weighted by Crippen LogP contribution is 2.49. The standard InChI is InChI=1S/C28H26Cl2N2OS/c29-21-4-3-5-22(30)27(21)19-11-10-18(17-8-9-17)20(19)15-33-25-13-16-12-24(25)32(14-16)28-31-23-6-1-2-7-26(23)34-28/h1-7,11,16-17,24-25H,8-10,12-15H2. The molecule has 34 heavy (non-hydrogen) atoms. The van der Waals surface area contributed by atoms with E-state index in [1.807, 2.05) is 18.2 Å². The zero-order valence-electron chi connectivity index (χ0n) is 18.8. The largest absolute Gasteiger partial charge is 0.371 e. The summed E-state index contributed by atoms with van der Waals surface area (Å²) >= 11 is 15.0. The lowest BCUT2D eigenvalue weighted by atomic mass is 9.97. The normalized spacial score (nSPS) is 26.2. The van der Waals surface area contributed by atoms with Crippen molar-refractivity contribution in [2.24, 2.45) is 11.8 Å². The van der Waals surface area contributed by atoms with Crippen molar-refractivity contribution in [3.05, 3.63) is 75.3 Å². The van der Waals surface area contributed by atoms with Crippen LogP contribution in [0.4, 0.5) is 5.13 Å². The Hall–Kier alpha value is -1.85. The van der Waals surface area contributed by atoms with Crippen LogP contribution in [0.25, 0.3) is 15.8 Å². The first kappa shape index (κ1) is 21.4.